The summed E-state index contributed by atoms with van der Waals surface area (Å²) >= 11 is 0. The average Bonchev–Trinajstić information content (AvgIpc) is 2.82. The lowest BCUT2D eigenvalue weighted by Gasteiger charge is -2.40. The lowest BCUT2D eigenvalue weighted by molar-refractivity contribution is -0.123. The fourth-order valence-corrected chi connectivity index (χ4v) is 3.45. The molecule has 1 atom stereocenters. The molecule has 0 bridgehead atoms. The number of hydrogen-bond acceptors (Lipinski definition) is 3. The van der Waals surface area contributed by atoms with Crippen LogP contribution in [0.3, 0.4) is 0 Å². The van der Waals surface area contributed by atoms with E-state index in [0.29, 0.717) is 0 Å². The second kappa shape index (κ2) is 9.88. The zero-order valence-electron chi connectivity index (χ0n) is 13.3. The fourth-order valence-electron chi connectivity index (χ4n) is 3.45. The quantitative estimate of drug-likeness (QED) is 0.772. The van der Waals surface area contributed by atoms with Gasteiger partial charge in [-0.2, -0.15) is 0 Å². The molecule has 2 N–H and O–H groups in total. The summed E-state index contributed by atoms with van der Waals surface area (Å²) < 4.78 is 0. The highest BCUT2D eigenvalue weighted by Gasteiger charge is 2.34. The van der Waals surface area contributed by atoms with E-state index in [1.54, 1.807) is 0 Å². The van der Waals surface area contributed by atoms with E-state index in [1.165, 1.54) is 38.5 Å². The van der Waals surface area contributed by atoms with E-state index in [9.17, 15) is 4.79 Å². The van der Waals surface area contributed by atoms with Crippen molar-refractivity contribution < 1.29 is 4.79 Å². The Bertz CT molecular complexity index is 299. The molecule has 0 aromatic heterocycles. The molecule has 126 valence electrons. The third-order valence-corrected chi connectivity index (χ3v) is 4.95. The lowest BCUT2D eigenvalue weighted by atomic mass is 9.88. The molecule has 1 amide bonds. The highest BCUT2D eigenvalue weighted by Crippen LogP contribution is 2.30. The summed E-state index contributed by atoms with van der Waals surface area (Å²) in [7, 11) is 4.32. The van der Waals surface area contributed by atoms with Crippen LogP contribution >= 0.6 is 24.8 Å². The molecule has 0 aromatic carbocycles. The number of amides is 1. The van der Waals surface area contributed by atoms with Crippen molar-refractivity contribution in [3.63, 3.8) is 0 Å². The van der Waals surface area contributed by atoms with Gasteiger partial charge in [0.05, 0.1) is 6.04 Å². The first-order chi connectivity index (χ1) is 9.14. The Kier molecular flexibility index (Phi) is 9.87. The first-order valence-electron chi connectivity index (χ1n) is 7.83. The Hall–Kier alpha value is -0.0300. The van der Waals surface area contributed by atoms with Gasteiger partial charge in [-0.05, 0) is 46.3 Å². The van der Waals surface area contributed by atoms with E-state index in [2.05, 4.69) is 29.6 Å². The van der Waals surface area contributed by atoms with Gasteiger partial charge in [0.25, 0.3) is 0 Å². The second-order valence-corrected chi connectivity index (χ2v) is 6.40. The van der Waals surface area contributed by atoms with Crippen molar-refractivity contribution in [2.75, 3.05) is 27.2 Å². The van der Waals surface area contributed by atoms with E-state index >= 15 is 0 Å². The van der Waals surface area contributed by atoms with Crippen molar-refractivity contribution in [1.29, 1.82) is 0 Å². The molecular formula is C15H31Cl2N3O. The molecule has 1 unspecified atom stereocenters. The number of carbonyl (C=O) groups is 1. The van der Waals surface area contributed by atoms with Crippen molar-refractivity contribution in [1.82, 2.24) is 15.5 Å². The van der Waals surface area contributed by atoms with Gasteiger partial charge >= 0.3 is 0 Å². The minimum atomic E-state index is 0. The van der Waals surface area contributed by atoms with Crippen LogP contribution < -0.4 is 10.6 Å². The summed E-state index contributed by atoms with van der Waals surface area (Å²) in [6, 6.07) is 0.0463. The molecule has 6 heteroatoms. The predicted octanol–water partition coefficient (Wildman–Crippen LogP) is 2.35. The van der Waals surface area contributed by atoms with Gasteiger partial charge in [-0.1, -0.05) is 25.7 Å². The summed E-state index contributed by atoms with van der Waals surface area (Å²) in [6.07, 6.45) is 9.78. The van der Waals surface area contributed by atoms with Gasteiger partial charge in [0.15, 0.2) is 0 Å². The minimum absolute atomic E-state index is 0. The topological polar surface area (TPSA) is 44.4 Å². The molecule has 1 heterocycles. The Morgan fingerprint density at radius 2 is 1.76 bits per heavy atom. The van der Waals surface area contributed by atoms with Crippen LogP contribution in [0.1, 0.15) is 51.4 Å². The van der Waals surface area contributed by atoms with Gasteiger partial charge in [0.1, 0.15) is 0 Å². The van der Waals surface area contributed by atoms with Crippen molar-refractivity contribution in [2.24, 2.45) is 0 Å². The van der Waals surface area contributed by atoms with Crippen LogP contribution in [0.4, 0.5) is 0 Å². The maximum atomic E-state index is 12.1. The summed E-state index contributed by atoms with van der Waals surface area (Å²) in [4.78, 5) is 14.5. The van der Waals surface area contributed by atoms with Crippen molar-refractivity contribution in [3.05, 3.63) is 0 Å². The molecule has 2 aliphatic rings. The summed E-state index contributed by atoms with van der Waals surface area (Å²) in [5, 5.41) is 6.47. The molecule has 1 saturated carbocycles. The van der Waals surface area contributed by atoms with E-state index in [0.717, 1.165) is 25.9 Å². The zero-order chi connectivity index (χ0) is 13.7. The molecule has 2 rings (SSSR count). The Morgan fingerprint density at radius 3 is 2.24 bits per heavy atom. The molecule has 0 spiro atoms. The molecule has 21 heavy (non-hydrogen) atoms. The number of nitrogens with zero attached hydrogens (tertiary/aromatic N) is 1. The summed E-state index contributed by atoms with van der Waals surface area (Å²) in [5.74, 6) is 0.197. The standard InChI is InChI=1S/C15H29N3O.2ClH/c1-18(2)15(9-5-3-4-6-10-15)12-17-14(19)13-8-7-11-16-13;;/h13,16H,3-12H2,1-2H3,(H,17,19);2*1H. The van der Waals surface area contributed by atoms with Gasteiger partial charge in [0.2, 0.25) is 5.91 Å². The van der Waals surface area contributed by atoms with Crippen LogP contribution in [-0.4, -0.2) is 49.6 Å². The third-order valence-electron chi connectivity index (χ3n) is 4.95. The van der Waals surface area contributed by atoms with Crippen LogP contribution in [0, 0.1) is 0 Å². The van der Waals surface area contributed by atoms with Crippen LogP contribution in [0.15, 0.2) is 0 Å². The normalized spacial score (nSPS) is 24.6. The van der Waals surface area contributed by atoms with Gasteiger partial charge < -0.3 is 15.5 Å². The molecule has 0 radical (unpaired) electrons. The molecule has 1 aliphatic carbocycles. The number of halogens is 2. The highest BCUT2D eigenvalue weighted by molar-refractivity contribution is 5.85. The van der Waals surface area contributed by atoms with E-state index in [-0.39, 0.29) is 42.3 Å². The fraction of sp³-hybridized carbons (Fsp3) is 0.933. The Morgan fingerprint density at radius 1 is 1.14 bits per heavy atom. The van der Waals surface area contributed by atoms with Crippen LogP contribution in [-0.2, 0) is 4.79 Å². The summed E-state index contributed by atoms with van der Waals surface area (Å²) in [6.45, 7) is 1.79. The molecule has 1 saturated heterocycles. The van der Waals surface area contributed by atoms with Gasteiger partial charge in [-0.15, -0.1) is 24.8 Å². The second-order valence-electron chi connectivity index (χ2n) is 6.40. The lowest BCUT2D eigenvalue weighted by Crippen LogP contribution is -2.54. The maximum Gasteiger partial charge on any atom is 0.237 e. The number of rotatable bonds is 4. The smallest absolute Gasteiger partial charge is 0.237 e. The molecule has 1 aliphatic heterocycles. The Balaban J connectivity index is 0.00000200. The minimum Gasteiger partial charge on any atom is -0.353 e. The molecule has 2 fully saturated rings. The average molecular weight is 340 g/mol. The molecular weight excluding hydrogens is 309 g/mol. The zero-order valence-corrected chi connectivity index (χ0v) is 15.0. The van der Waals surface area contributed by atoms with Gasteiger partial charge in [0, 0.05) is 12.1 Å². The largest absolute Gasteiger partial charge is 0.353 e. The highest BCUT2D eigenvalue weighted by atomic mass is 35.5. The number of likely N-dealkylation sites (N-methyl/N-ethyl adjacent to an activating group) is 1. The van der Waals surface area contributed by atoms with E-state index in [1.807, 2.05) is 0 Å². The van der Waals surface area contributed by atoms with E-state index in [4.69, 9.17) is 0 Å². The molecule has 4 nitrogen and oxygen atoms in total. The van der Waals surface area contributed by atoms with Crippen molar-refractivity contribution >= 4 is 30.7 Å². The first kappa shape index (κ1) is 21.0. The van der Waals surface area contributed by atoms with Crippen molar-refractivity contribution in [2.45, 2.75) is 62.9 Å². The number of nitrogens with one attached hydrogen (secondary N) is 2. The third kappa shape index (κ3) is 5.59. The van der Waals surface area contributed by atoms with Crippen LogP contribution in [0.2, 0.25) is 0 Å². The Labute approximate surface area is 141 Å². The number of carbonyl (C=O) groups excluding carboxylic acids is 1. The summed E-state index contributed by atoms with van der Waals surface area (Å²) in [5.41, 5.74) is 0.171. The van der Waals surface area contributed by atoms with Gasteiger partial charge in [-0.3, -0.25) is 4.79 Å². The number of hydrogen-bond donors (Lipinski definition) is 2. The monoisotopic (exact) mass is 339 g/mol. The first-order valence-corrected chi connectivity index (χ1v) is 7.83. The van der Waals surface area contributed by atoms with E-state index < -0.39 is 0 Å². The van der Waals surface area contributed by atoms with Crippen LogP contribution in [0.5, 0.6) is 0 Å². The SMILES string of the molecule is CN(C)C1(CNC(=O)C2CCCN2)CCCCCC1.Cl.Cl. The van der Waals surface area contributed by atoms with Crippen molar-refractivity contribution in [3.8, 4) is 0 Å². The van der Waals surface area contributed by atoms with Gasteiger partial charge in [-0.25, -0.2) is 0 Å². The predicted molar refractivity (Wildman–Crippen MR) is 92.7 cm³/mol. The molecule has 0 aromatic rings. The van der Waals surface area contributed by atoms with Crippen LogP contribution in [0.25, 0.3) is 0 Å². The maximum absolute atomic E-state index is 12.1.